The summed E-state index contributed by atoms with van der Waals surface area (Å²) in [5, 5.41) is 3.46. The lowest BCUT2D eigenvalue weighted by Crippen LogP contribution is -2.45. The number of nitrogens with one attached hydrogen (secondary N) is 1. The van der Waals surface area contributed by atoms with Gasteiger partial charge in [-0.15, -0.1) is 0 Å². The zero-order chi connectivity index (χ0) is 16.8. The van der Waals surface area contributed by atoms with Crippen LogP contribution in [0, 0.1) is 0 Å². The monoisotopic (exact) mass is 341 g/mol. The molecule has 0 aliphatic carbocycles. The minimum Gasteiger partial charge on any atom is -0.349 e. The Morgan fingerprint density at radius 1 is 1.25 bits per heavy atom. The normalized spacial score (nSPS) is 21.4. The summed E-state index contributed by atoms with van der Waals surface area (Å²) in [7, 11) is 0. The highest BCUT2D eigenvalue weighted by Crippen LogP contribution is 2.35. The molecule has 2 aromatic rings. The molecule has 2 atom stereocenters. The molecule has 1 N–H and O–H groups in total. The Labute approximate surface area is 147 Å². The van der Waals surface area contributed by atoms with Crippen molar-refractivity contribution >= 4 is 17.7 Å². The molecule has 1 saturated heterocycles. The van der Waals surface area contributed by atoms with Gasteiger partial charge in [0.1, 0.15) is 0 Å². The molecule has 4 nitrogen and oxygen atoms in total. The molecule has 3 rings (SSSR count). The lowest BCUT2D eigenvalue weighted by Gasteiger charge is -2.39. The highest BCUT2D eigenvalue weighted by molar-refractivity contribution is 8.00. The van der Waals surface area contributed by atoms with E-state index in [4.69, 9.17) is 0 Å². The van der Waals surface area contributed by atoms with Gasteiger partial charge in [0.05, 0.1) is 18.8 Å². The van der Waals surface area contributed by atoms with Crippen molar-refractivity contribution in [3.63, 3.8) is 0 Å². The molecule has 1 aliphatic heterocycles. The molecule has 0 saturated carbocycles. The van der Waals surface area contributed by atoms with Gasteiger partial charge in [0.15, 0.2) is 0 Å². The number of rotatable bonds is 5. The van der Waals surface area contributed by atoms with Crippen molar-refractivity contribution in [2.24, 2.45) is 0 Å². The number of carbonyl (C=O) groups excluding carboxylic acids is 1. The van der Waals surface area contributed by atoms with Crippen LogP contribution < -0.4 is 5.32 Å². The first-order chi connectivity index (χ1) is 11.7. The highest BCUT2D eigenvalue weighted by atomic mass is 32.2. The Kier molecular flexibility index (Phi) is 5.88. The van der Waals surface area contributed by atoms with Crippen molar-refractivity contribution in [2.75, 3.05) is 18.8 Å². The summed E-state index contributed by atoms with van der Waals surface area (Å²) < 4.78 is 0. The van der Waals surface area contributed by atoms with E-state index in [0.717, 1.165) is 18.0 Å². The van der Waals surface area contributed by atoms with E-state index < -0.39 is 0 Å². The molecule has 1 amide bonds. The van der Waals surface area contributed by atoms with Crippen molar-refractivity contribution in [2.45, 2.75) is 24.8 Å². The Balaban J connectivity index is 1.62. The number of hydrogen-bond donors (Lipinski definition) is 1. The predicted molar refractivity (Wildman–Crippen MR) is 98.8 cm³/mol. The number of hydrogen-bond acceptors (Lipinski definition) is 4. The lowest BCUT2D eigenvalue weighted by molar-refractivity contribution is -0.123. The predicted octanol–water partition coefficient (Wildman–Crippen LogP) is 2.88. The number of pyridine rings is 1. The van der Waals surface area contributed by atoms with Gasteiger partial charge in [0, 0.05) is 29.8 Å². The largest absolute Gasteiger partial charge is 0.349 e. The molecule has 0 spiro atoms. The molecule has 1 aromatic heterocycles. The number of thioether (sulfide) groups is 1. The van der Waals surface area contributed by atoms with Crippen LogP contribution in [0.4, 0.5) is 0 Å². The second-order valence-electron chi connectivity index (χ2n) is 6.00. The first kappa shape index (κ1) is 17.0. The number of nitrogens with zero attached hydrogens (tertiary/aromatic N) is 2. The molecule has 126 valence electrons. The van der Waals surface area contributed by atoms with Gasteiger partial charge < -0.3 is 5.32 Å². The summed E-state index contributed by atoms with van der Waals surface area (Å²) in [6.45, 7) is 4.09. The second-order valence-corrected chi connectivity index (χ2v) is 7.48. The van der Waals surface area contributed by atoms with Crippen LogP contribution in [0.15, 0.2) is 54.7 Å². The number of aromatic nitrogens is 1. The van der Waals surface area contributed by atoms with Gasteiger partial charge in [-0.1, -0.05) is 43.3 Å². The van der Waals surface area contributed by atoms with Gasteiger partial charge in [-0.25, -0.2) is 0 Å². The third-order valence-electron chi connectivity index (χ3n) is 4.28. The van der Waals surface area contributed by atoms with Crippen LogP contribution in [0.1, 0.15) is 24.2 Å². The maximum atomic E-state index is 12.4. The van der Waals surface area contributed by atoms with E-state index in [1.165, 1.54) is 5.56 Å². The highest BCUT2D eigenvalue weighted by Gasteiger charge is 2.31. The average molecular weight is 341 g/mol. The van der Waals surface area contributed by atoms with E-state index in [0.29, 0.717) is 18.3 Å². The van der Waals surface area contributed by atoms with Crippen LogP contribution in [0.3, 0.4) is 0 Å². The van der Waals surface area contributed by atoms with E-state index in [2.05, 4.69) is 46.4 Å². The Hall–Kier alpha value is -1.85. The van der Waals surface area contributed by atoms with Crippen molar-refractivity contribution < 1.29 is 4.79 Å². The van der Waals surface area contributed by atoms with E-state index >= 15 is 0 Å². The van der Waals surface area contributed by atoms with Crippen LogP contribution in [0.2, 0.25) is 0 Å². The zero-order valence-corrected chi connectivity index (χ0v) is 14.7. The Bertz CT molecular complexity index is 650. The van der Waals surface area contributed by atoms with E-state index in [1.54, 1.807) is 6.20 Å². The van der Waals surface area contributed by atoms with Crippen LogP contribution >= 0.6 is 11.8 Å². The quantitative estimate of drug-likeness (QED) is 0.908. The molecule has 24 heavy (non-hydrogen) atoms. The molecule has 1 fully saturated rings. The van der Waals surface area contributed by atoms with Crippen LogP contribution in [-0.2, 0) is 11.3 Å². The first-order valence-electron chi connectivity index (χ1n) is 8.31. The third kappa shape index (κ3) is 4.36. The molecule has 1 aliphatic rings. The smallest absolute Gasteiger partial charge is 0.234 e. The fourth-order valence-electron chi connectivity index (χ4n) is 3.12. The summed E-state index contributed by atoms with van der Waals surface area (Å²) in [6.07, 6.45) is 1.75. The van der Waals surface area contributed by atoms with Gasteiger partial charge in [-0.2, -0.15) is 11.8 Å². The van der Waals surface area contributed by atoms with Gasteiger partial charge in [-0.05, 0) is 17.7 Å². The fraction of sp³-hybridized carbons (Fsp3) is 0.368. The van der Waals surface area contributed by atoms with Crippen LogP contribution in [-0.4, -0.2) is 39.9 Å². The molecular formula is C19H23N3OS. The second kappa shape index (κ2) is 8.31. The molecule has 0 radical (unpaired) electrons. The van der Waals surface area contributed by atoms with Crippen molar-refractivity contribution in [3.05, 3.63) is 66.0 Å². The van der Waals surface area contributed by atoms with E-state index in [9.17, 15) is 4.79 Å². The van der Waals surface area contributed by atoms with Crippen molar-refractivity contribution in [3.8, 4) is 0 Å². The molecule has 5 heteroatoms. The number of carbonyl (C=O) groups is 1. The summed E-state index contributed by atoms with van der Waals surface area (Å²) in [5.41, 5.74) is 2.17. The summed E-state index contributed by atoms with van der Waals surface area (Å²) in [5.74, 6) is 1.12. The fourth-order valence-corrected chi connectivity index (χ4v) is 4.35. The van der Waals surface area contributed by atoms with E-state index in [-0.39, 0.29) is 11.9 Å². The topological polar surface area (TPSA) is 45.2 Å². The van der Waals surface area contributed by atoms with E-state index in [1.807, 2.05) is 36.0 Å². The average Bonchev–Trinajstić information content (AvgIpc) is 2.62. The number of amides is 1. The SMILES string of the molecule is CC1SCCN(CC(=O)NCc2ccccn2)C1c1ccccc1. The maximum absolute atomic E-state index is 12.4. The first-order valence-corrected chi connectivity index (χ1v) is 9.36. The van der Waals surface area contributed by atoms with Crippen LogP contribution in [0.25, 0.3) is 0 Å². The molecular weight excluding hydrogens is 318 g/mol. The van der Waals surface area contributed by atoms with Gasteiger partial charge in [0.25, 0.3) is 0 Å². The Morgan fingerprint density at radius 3 is 2.79 bits per heavy atom. The summed E-state index contributed by atoms with van der Waals surface area (Å²) in [6, 6.07) is 16.5. The van der Waals surface area contributed by atoms with Crippen molar-refractivity contribution in [1.29, 1.82) is 0 Å². The van der Waals surface area contributed by atoms with Crippen molar-refractivity contribution in [1.82, 2.24) is 15.2 Å². The minimum atomic E-state index is 0.0562. The molecule has 2 unspecified atom stereocenters. The molecule has 2 heterocycles. The zero-order valence-electron chi connectivity index (χ0n) is 13.9. The maximum Gasteiger partial charge on any atom is 0.234 e. The standard InChI is InChI=1S/C19H23N3OS/c1-15-19(16-7-3-2-4-8-16)22(11-12-24-15)14-18(23)21-13-17-9-5-6-10-20-17/h2-10,15,19H,11-14H2,1H3,(H,21,23). The summed E-state index contributed by atoms with van der Waals surface area (Å²) in [4.78, 5) is 18.9. The summed E-state index contributed by atoms with van der Waals surface area (Å²) >= 11 is 1.98. The molecule has 0 bridgehead atoms. The third-order valence-corrected chi connectivity index (χ3v) is 5.48. The Morgan fingerprint density at radius 2 is 2.04 bits per heavy atom. The van der Waals surface area contributed by atoms with Gasteiger partial charge >= 0.3 is 0 Å². The number of benzene rings is 1. The minimum absolute atomic E-state index is 0.0562. The lowest BCUT2D eigenvalue weighted by atomic mass is 10.0. The molecule has 1 aromatic carbocycles. The van der Waals surface area contributed by atoms with Gasteiger partial charge in [0.2, 0.25) is 5.91 Å². The van der Waals surface area contributed by atoms with Crippen LogP contribution in [0.5, 0.6) is 0 Å². The van der Waals surface area contributed by atoms with Gasteiger partial charge in [-0.3, -0.25) is 14.7 Å².